The van der Waals surface area contributed by atoms with E-state index >= 15 is 0 Å². The van der Waals surface area contributed by atoms with Crippen molar-refractivity contribution in [2.75, 3.05) is 18.1 Å². The van der Waals surface area contributed by atoms with E-state index in [-0.39, 0.29) is 17.3 Å². The molecule has 106 valence electrons. The van der Waals surface area contributed by atoms with Crippen LogP contribution in [0.25, 0.3) is 0 Å². The highest BCUT2D eigenvalue weighted by atomic mass is 35.5. The number of anilines is 1. The summed E-state index contributed by atoms with van der Waals surface area (Å²) in [5.74, 6) is 0.470. The van der Waals surface area contributed by atoms with Gasteiger partial charge in [0.25, 0.3) is 0 Å². The monoisotopic (exact) mass is 311 g/mol. The fourth-order valence-corrected chi connectivity index (χ4v) is 3.00. The fourth-order valence-electron chi connectivity index (χ4n) is 1.61. The van der Waals surface area contributed by atoms with E-state index in [0.29, 0.717) is 16.5 Å². The van der Waals surface area contributed by atoms with Gasteiger partial charge in [-0.3, -0.25) is 0 Å². The van der Waals surface area contributed by atoms with Gasteiger partial charge >= 0.3 is 0 Å². The molecule has 20 heavy (non-hydrogen) atoms. The zero-order valence-corrected chi connectivity index (χ0v) is 12.2. The number of rotatable bonds is 5. The smallest absolute Gasteiger partial charge is 0.181 e. The molecule has 4 nitrogen and oxygen atoms in total. The zero-order chi connectivity index (χ0) is 14.6. The molecule has 0 atom stereocenters. The molecular formula is C14H14ClNO3S. The Bertz CT molecular complexity index is 684. The third-order valence-corrected chi connectivity index (χ3v) is 4.57. The molecule has 0 aliphatic rings. The van der Waals surface area contributed by atoms with Crippen LogP contribution in [0.4, 0.5) is 5.69 Å². The molecule has 0 aromatic heterocycles. The van der Waals surface area contributed by atoms with E-state index in [9.17, 15) is 8.42 Å². The summed E-state index contributed by atoms with van der Waals surface area (Å²) in [6.07, 6.45) is 0. The Morgan fingerprint density at radius 1 is 1.10 bits per heavy atom. The van der Waals surface area contributed by atoms with Gasteiger partial charge in [0.15, 0.2) is 9.84 Å². The predicted molar refractivity (Wildman–Crippen MR) is 79.9 cm³/mol. The molecule has 0 aliphatic carbocycles. The maximum absolute atomic E-state index is 12.1. The van der Waals surface area contributed by atoms with Gasteiger partial charge in [0, 0.05) is 10.7 Å². The lowest BCUT2D eigenvalue weighted by molar-refractivity contribution is 0.341. The number of benzene rings is 2. The summed E-state index contributed by atoms with van der Waals surface area (Å²) < 4.78 is 29.5. The number of sulfone groups is 1. The number of hydrogen-bond acceptors (Lipinski definition) is 4. The lowest BCUT2D eigenvalue weighted by Gasteiger charge is -2.07. The molecule has 0 aliphatic heterocycles. The molecule has 2 aromatic carbocycles. The van der Waals surface area contributed by atoms with Crippen LogP contribution in [0.1, 0.15) is 0 Å². The third kappa shape index (κ3) is 3.88. The highest BCUT2D eigenvalue weighted by Gasteiger charge is 2.14. The summed E-state index contributed by atoms with van der Waals surface area (Å²) in [5, 5.41) is 0.394. The Balaban J connectivity index is 1.98. The maximum atomic E-state index is 12.1. The minimum Gasteiger partial charge on any atom is -0.493 e. The second kappa shape index (κ2) is 6.15. The first-order valence-electron chi connectivity index (χ1n) is 5.94. The van der Waals surface area contributed by atoms with Crippen LogP contribution in [0, 0.1) is 0 Å². The van der Waals surface area contributed by atoms with Crippen molar-refractivity contribution in [1.82, 2.24) is 0 Å². The first-order chi connectivity index (χ1) is 9.47. The highest BCUT2D eigenvalue weighted by molar-refractivity contribution is 7.91. The quantitative estimate of drug-likeness (QED) is 0.862. The van der Waals surface area contributed by atoms with Gasteiger partial charge in [-0.2, -0.15) is 0 Å². The molecule has 0 fully saturated rings. The van der Waals surface area contributed by atoms with E-state index in [0.717, 1.165) is 0 Å². The minimum atomic E-state index is -3.40. The van der Waals surface area contributed by atoms with Crippen molar-refractivity contribution in [3.8, 4) is 5.75 Å². The van der Waals surface area contributed by atoms with Crippen LogP contribution in [0.3, 0.4) is 0 Å². The van der Waals surface area contributed by atoms with Crippen molar-refractivity contribution < 1.29 is 13.2 Å². The normalized spacial score (nSPS) is 11.2. The Labute approximate surface area is 123 Å². The molecule has 0 spiro atoms. The maximum Gasteiger partial charge on any atom is 0.181 e. The lowest BCUT2D eigenvalue weighted by atomic mass is 10.3. The number of ether oxygens (including phenoxy) is 1. The zero-order valence-electron chi connectivity index (χ0n) is 10.6. The summed E-state index contributed by atoms with van der Waals surface area (Å²) in [7, 11) is -3.40. The average Bonchev–Trinajstić information content (AvgIpc) is 2.41. The van der Waals surface area contributed by atoms with Crippen LogP contribution in [0.2, 0.25) is 5.02 Å². The van der Waals surface area contributed by atoms with Gasteiger partial charge in [0.1, 0.15) is 12.4 Å². The largest absolute Gasteiger partial charge is 0.493 e. The van der Waals surface area contributed by atoms with Gasteiger partial charge in [0.05, 0.1) is 10.6 Å². The predicted octanol–water partition coefficient (Wildman–Crippen LogP) is 2.77. The molecule has 0 saturated carbocycles. The summed E-state index contributed by atoms with van der Waals surface area (Å²) in [6.45, 7) is 0.0682. The lowest BCUT2D eigenvalue weighted by Crippen LogP contribution is -2.14. The van der Waals surface area contributed by atoms with Gasteiger partial charge in [-0.05, 0) is 42.5 Å². The van der Waals surface area contributed by atoms with Crippen molar-refractivity contribution >= 4 is 27.1 Å². The molecule has 0 unspecified atom stereocenters. The van der Waals surface area contributed by atoms with E-state index in [1.165, 1.54) is 12.1 Å². The van der Waals surface area contributed by atoms with E-state index < -0.39 is 9.84 Å². The second-order valence-corrected chi connectivity index (χ2v) is 6.74. The molecule has 6 heteroatoms. The SMILES string of the molecule is Nc1ccc(OCCS(=O)(=O)c2cccc(Cl)c2)cc1. The van der Waals surface area contributed by atoms with Gasteiger partial charge in [-0.15, -0.1) is 0 Å². The highest BCUT2D eigenvalue weighted by Crippen LogP contribution is 2.17. The summed E-state index contributed by atoms with van der Waals surface area (Å²) in [4.78, 5) is 0.200. The second-order valence-electron chi connectivity index (χ2n) is 4.19. The van der Waals surface area contributed by atoms with Crippen LogP contribution in [-0.2, 0) is 9.84 Å². The summed E-state index contributed by atoms with van der Waals surface area (Å²) in [6, 6.07) is 13.0. The van der Waals surface area contributed by atoms with Crippen LogP contribution >= 0.6 is 11.6 Å². The number of nitrogens with two attached hydrogens (primary N) is 1. The van der Waals surface area contributed by atoms with Gasteiger partial charge in [-0.1, -0.05) is 17.7 Å². The first-order valence-corrected chi connectivity index (χ1v) is 7.97. The number of nitrogen functional groups attached to an aromatic ring is 1. The Morgan fingerprint density at radius 3 is 2.45 bits per heavy atom. The van der Waals surface area contributed by atoms with Crippen molar-refractivity contribution in [3.63, 3.8) is 0 Å². The van der Waals surface area contributed by atoms with Gasteiger partial charge in [0.2, 0.25) is 0 Å². The molecule has 2 rings (SSSR count). The standard InChI is InChI=1S/C14H14ClNO3S/c15-11-2-1-3-14(10-11)20(17,18)9-8-19-13-6-4-12(16)5-7-13/h1-7,10H,8-9,16H2. The molecule has 0 saturated heterocycles. The molecule has 0 radical (unpaired) electrons. The Hall–Kier alpha value is -1.72. The van der Waals surface area contributed by atoms with E-state index in [1.54, 1.807) is 36.4 Å². The number of halogens is 1. The molecule has 0 heterocycles. The average molecular weight is 312 g/mol. The topological polar surface area (TPSA) is 69.4 Å². The summed E-state index contributed by atoms with van der Waals surface area (Å²) in [5.41, 5.74) is 6.18. The van der Waals surface area contributed by atoms with Gasteiger partial charge in [-0.25, -0.2) is 8.42 Å². The van der Waals surface area contributed by atoms with Crippen molar-refractivity contribution in [2.24, 2.45) is 0 Å². The van der Waals surface area contributed by atoms with E-state index in [1.807, 2.05) is 0 Å². The van der Waals surface area contributed by atoms with Crippen LogP contribution < -0.4 is 10.5 Å². The van der Waals surface area contributed by atoms with Crippen LogP contribution in [-0.4, -0.2) is 20.8 Å². The van der Waals surface area contributed by atoms with Crippen LogP contribution in [0.5, 0.6) is 5.75 Å². The van der Waals surface area contributed by atoms with Crippen molar-refractivity contribution in [2.45, 2.75) is 4.90 Å². The molecular weight excluding hydrogens is 298 g/mol. The Morgan fingerprint density at radius 2 is 1.80 bits per heavy atom. The first kappa shape index (κ1) is 14.7. The van der Waals surface area contributed by atoms with E-state index in [2.05, 4.69) is 0 Å². The molecule has 0 amide bonds. The van der Waals surface area contributed by atoms with Crippen molar-refractivity contribution in [3.05, 3.63) is 53.6 Å². The van der Waals surface area contributed by atoms with Crippen molar-refractivity contribution in [1.29, 1.82) is 0 Å². The van der Waals surface area contributed by atoms with Crippen LogP contribution in [0.15, 0.2) is 53.4 Å². The fraction of sp³-hybridized carbons (Fsp3) is 0.143. The Kier molecular flexibility index (Phi) is 4.52. The molecule has 0 bridgehead atoms. The molecule has 2 aromatic rings. The number of hydrogen-bond donors (Lipinski definition) is 1. The van der Waals surface area contributed by atoms with E-state index in [4.69, 9.17) is 22.1 Å². The van der Waals surface area contributed by atoms with Gasteiger partial charge < -0.3 is 10.5 Å². The minimum absolute atomic E-state index is 0.0682. The summed E-state index contributed by atoms with van der Waals surface area (Å²) >= 11 is 5.79. The third-order valence-electron chi connectivity index (χ3n) is 2.66. The molecule has 2 N–H and O–H groups in total.